The molecule has 1 fully saturated rings. The van der Waals surface area contributed by atoms with Crippen molar-refractivity contribution in [2.45, 2.75) is 25.4 Å². The van der Waals surface area contributed by atoms with Gasteiger partial charge in [0.1, 0.15) is 0 Å². The molecule has 1 N–H and O–H groups in total. The van der Waals surface area contributed by atoms with Gasteiger partial charge in [-0.25, -0.2) is 0 Å². The summed E-state index contributed by atoms with van der Waals surface area (Å²) in [5.41, 5.74) is 0. The molecule has 58 valence electrons. The van der Waals surface area contributed by atoms with E-state index in [1.807, 2.05) is 0 Å². The van der Waals surface area contributed by atoms with Gasteiger partial charge in [-0.15, -0.1) is 0 Å². The van der Waals surface area contributed by atoms with Crippen LogP contribution in [0, 0.1) is 5.41 Å². The van der Waals surface area contributed by atoms with Gasteiger partial charge in [0.05, 0.1) is 13.2 Å². The van der Waals surface area contributed by atoms with E-state index >= 15 is 0 Å². The minimum absolute atomic E-state index is 0.243. The normalized spacial score (nSPS) is 24.7. The lowest BCUT2D eigenvalue weighted by Gasteiger charge is -2.07. The van der Waals surface area contributed by atoms with Crippen LogP contribution >= 0.6 is 0 Å². The van der Waals surface area contributed by atoms with Crippen molar-refractivity contribution in [2.24, 2.45) is 0 Å². The van der Waals surface area contributed by atoms with Crippen molar-refractivity contribution in [3.63, 3.8) is 0 Å². The Balaban J connectivity index is 2.17. The monoisotopic (exact) mass is 143 g/mol. The summed E-state index contributed by atoms with van der Waals surface area (Å²) in [6, 6.07) is 0. The Hall–Kier alpha value is -0.570. The van der Waals surface area contributed by atoms with Crippen molar-refractivity contribution in [1.82, 2.24) is 0 Å². The van der Waals surface area contributed by atoms with Crippen molar-refractivity contribution in [2.75, 3.05) is 13.7 Å². The van der Waals surface area contributed by atoms with E-state index in [2.05, 4.69) is 0 Å². The Morgan fingerprint density at radius 3 is 3.10 bits per heavy atom. The van der Waals surface area contributed by atoms with Crippen LogP contribution in [0.3, 0.4) is 0 Å². The van der Waals surface area contributed by atoms with Crippen LogP contribution in [0.15, 0.2) is 0 Å². The first-order valence-corrected chi connectivity index (χ1v) is 3.56. The minimum Gasteiger partial charge on any atom is -0.484 e. The van der Waals surface area contributed by atoms with Gasteiger partial charge < -0.3 is 9.47 Å². The smallest absolute Gasteiger partial charge is 0.182 e. The van der Waals surface area contributed by atoms with Crippen molar-refractivity contribution in [3.05, 3.63) is 0 Å². The number of hydrogen-bond donors (Lipinski definition) is 1. The van der Waals surface area contributed by atoms with Crippen LogP contribution in [0.4, 0.5) is 0 Å². The van der Waals surface area contributed by atoms with Gasteiger partial charge in [0.15, 0.2) is 5.90 Å². The molecule has 1 aliphatic heterocycles. The number of rotatable bonds is 2. The first kappa shape index (κ1) is 7.54. The highest BCUT2D eigenvalue weighted by molar-refractivity contribution is 5.72. The fraction of sp³-hybridized carbons (Fsp3) is 0.857. The lowest BCUT2D eigenvalue weighted by Crippen LogP contribution is -2.12. The van der Waals surface area contributed by atoms with Crippen LogP contribution in [0.1, 0.15) is 19.3 Å². The lowest BCUT2D eigenvalue weighted by molar-refractivity contribution is 0.112. The predicted molar refractivity (Wildman–Crippen MR) is 38.3 cm³/mol. The van der Waals surface area contributed by atoms with E-state index < -0.39 is 0 Å². The molecule has 0 aromatic heterocycles. The zero-order valence-corrected chi connectivity index (χ0v) is 6.22. The van der Waals surface area contributed by atoms with E-state index in [1.54, 1.807) is 0 Å². The molecule has 1 aliphatic rings. The molecule has 0 radical (unpaired) electrons. The Labute approximate surface area is 60.8 Å². The molecule has 1 atom stereocenters. The quantitative estimate of drug-likeness (QED) is 0.466. The van der Waals surface area contributed by atoms with Gasteiger partial charge in [0.2, 0.25) is 0 Å². The second-order valence-electron chi connectivity index (χ2n) is 2.47. The van der Waals surface area contributed by atoms with E-state index in [9.17, 15) is 0 Å². The maximum Gasteiger partial charge on any atom is 0.182 e. The molecule has 10 heavy (non-hydrogen) atoms. The van der Waals surface area contributed by atoms with Crippen LogP contribution < -0.4 is 0 Å². The largest absolute Gasteiger partial charge is 0.484 e. The predicted octanol–water partition coefficient (Wildman–Crippen LogP) is 1.18. The Kier molecular flexibility index (Phi) is 2.68. The van der Waals surface area contributed by atoms with Crippen molar-refractivity contribution in [3.8, 4) is 0 Å². The molecular formula is C7H13NO2. The Morgan fingerprint density at radius 2 is 2.60 bits per heavy atom. The average Bonchev–Trinajstić information content (AvgIpc) is 2.40. The van der Waals surface area contributed by atoms with Gasteiger partial charge in [0.25, 0.3) is 0 Å². The molecule has 1 unspecified atom stereocenters. The molecule has 0 aromatic carbocycles. The molecule has 0 spiro atoms. The fourth-order valence-electron chi connectivity index (χ4n) is 1.10. The van der Waals surface area contributed by atoms with Gasteiger partial charge in [-0.1, -0.05) is 0 Å². The van der Waals surface area contributed by atoms with Crippen LogP contribution in [0.25, 0.3) is 0 Å². The van der Waals surface area contributed by atoms with Gasteiger partial charge in [0, 0.05) is 13.0 Å². The molecule has 0 bridgehead atoms. The summed E-state index contributed by atoms with van der Waals surface area (Å²) in [5, 5.41) is 7.20. The number of methoxy groups -OCH3 is 1. The summed E-state index contributed by atoms with van der Waals surface area (Å²) in [7, 11) is 1.53. The van der Waals surface area contributed by atoms with E-state index in [0.29, 0.717) is 12.3 Å². The highest BCUT2D eigenvalue weighted by Crippen LogP contribution is 2.15. The summed E-state index contributed by atoms with van der Waals surface area (Å²) in [5.74, 6) is 0.326. The number of ether oxygens (including phenoxy) is 2. The first-order chi connectivity index (χ1) is 4.83. The van der Waals surface area contributed by atoms with Crippen LogP contribution in [-0.4, -0.2) is 25.7 Å². The maximum atomic E-state index is 7.20. The van der Waals surface area contributed by atoms with Crippen LogP contribution in [-0.2, 0) is 9.47 Å². The second-order valence-corrected chi connectivity index (χ2v) is 2.47. The number of nitrogens with one attached hydrogen (secondary N) is 1. The van der Waals surface area contributed by atoms with Crippen LogP contribution in [0.2, 0.25) is 0 Å². The molecule has 1 rings (SSSR count). The first-order valence-electron chi connectivity index (χ1n) is 3.56. The summed E-state index contributed by atoms with van der Waals surface area (Å²) in [6.07, 6.45) is 3.08. The highest BCUT2D eigenvalue weighted by atomic mass is 16.5. The van der Waals surface area contributed by atoms with Crippen molar-refractivity contribution >= 4 is 5.90 Å². The molecule has 0 saturated carbocycles. The molecule has 0 aliphatic carbocycles. The Morgan fingerprint density at radius 1 is 1.80 bits per heavy atom. The zero-order chi connectivity index (χ0) is 7.40. The molecular weight excluding hydrogens is 130 g/mol. The fourth-order valence-corrected chi connectivity index (χ4v) is 1.10. The van der Waals surface area contributed by atoms with Gasteiger partial charge >= 0.3 is 0 Å². The van der Waals surface area contributed by atoms with E-state index in [-0.39, 0.29) is 6.10 Å². The second kappa shape index (κ2) is 3.56. The lowest BCUT2D eigenvalue weighted by atomic mass is 10.2. The van der Waals surface area contributed by atoms with Crippen molar-refractivity contribution in [1.29, 1.82) is 5.41 Å². The van der Waals surface area contributed by atoms with Gasteiger partial charge in [-0.05, 0) is 12.8 Å². The molecule has 1 saturated heterocycles. The van der Waals surface area contributed by atoms with E-state index in [4.69, 9.17) is 14.9 Å². The molecule has 1 heterocycles. The minimum atomic E-state index is 0.243. The number of hydrogen-bond acceptors (Lipinski definition) is 3. The third kappa shape index (κ3) is 1.99. The molecule has 3 nitrogen and oxygen atoms in total. The molecule has 0 amide bonds. The standard InChI is InChI=1S/C7H13NO2/c1-9-7(8)5-6-3-2-4-10-6/h6,8H,2-5H2,1H3. The van der Waals surface area contributed by atoms with Crippen LogP contribution in [0.5, 0.6) is 0 Å². The van der Waals surface area contributed by atoms with E-state index in [1.165, 1.54) is 7.11 Å². The summed E-state index contributed by atoms with van der Waals surface area (Å²) < 4.78 is 10.0. The third-order valence-electron chi connectivity index (χ3n) is 1.68. The van der Waals surface area contributed by atoms with Gasteiger partial charge in [-0.3, -0.25) is 5.41 Å². The van der Waals surface area contributed by atoms with E-state index in [0.717, 1.165) is 19.4 Å². The topological polar surface area (TPSA) is 42.3 Å². The maximum absolute atomic E-state index is 7.20. The Bertz CT molecular complexity index is 119. The molecule has 3 heteroatoms. The van der Waals surface area contributed by atoms with Crippen molar-refractivity contribution < 1.29 is 9.47 Å². The highest BCUT2D eigenvalue weighted by Gasteiger charge is 2.17. The summed E-state index contributed by atoms with van der Waals surface area (Å²) in [4.78, 5) is 0. The SMILES string of the molecule is COC(=N)CC1CCCO1. The summed E-state index contributed by atoms with van der Waals surface area (Å²) >= 11 is 0. The zero-order valence-electron chi connectivity index (χ0n) is 6.22. The average molecular weight is 143 g/mol. The van der Waals surface area contributed by atoms with Gasteiger partial charge in [-0.2, -0.15) is 0 Å². The summed E-state index contributed by atoms with van der Waals surface area (Å²) in [6.45, 7) is 0.849. The molecule has 0 aromatic rings. The third-order valence-corrected chi connectivity index (χ3v) is 1.68.